The van der Waals surface area contributed by atoms with Gasteiger partial charge in [0.2, 0.25) is 0 Å². The smallest absolute Gasteiger partial charge is 0.121 e. The molecule has 2 N–H and O–H groups in total. The molecule has 0 unspecified atom stereocenters. The summed E-state index contributed by atoms with van der Waals surface area (Å²) in [6.45, 7) is 1.57. The molecule has 1 aromatic heterocycles. The maximum Gasteiger partial charge on any atom is 0.121 e. The Morgan fingerprint density at radius 3 is 2.59 bits per heavy atom. The van der Waals surface area contributed by atoms with Crippen molar-refractivity contribution in [3.8, 4) is 0 Å². The van der Waals surface area contributed by atoms with Gasteiger partial charge in [0.05, 0.1) is 17.6 Å². The molecule has 0 atom stereocenters. The molecule has 0 saturated carbocycles. The minimum Gasteiger partial charge on any atom is -0.341 e. The van der Waals surface area contributed by atoms with Gasteiger partial charge in [0.15, 0.2) is 0 Å². The molecule has 0 bridgehead atoms. The number of nitrogens with zero attached hydrogens (tertiary/aromatic N) is 1. The normalized spacial score (nSPS) is 11.3. The van der Waals surface area contributed by atoms with Crippen molar-refractivity contribution in [3.05, 3.63) is 78.1 Å². The Bertz CT molecular complexity index is 886. The van der Waals surface area contributed by atoms with E-state index in [0.29, 0.717) is 0 Å². The lowest BCUT2D eigenvalue weighted by Crippen LogP contribution is -2.13. The summed E-state index contributed by atoms with van der Waals surface area (Å²) in [4.78, 5) is 7.93. The quantitative estimate of drug-likeness (QED) is 0.595. The molecule has 1 heterocycles. The van der Waals surface area contributed by atoms with Gasteiger partial charge in [0.1, 0.15) is 5.82 Å². The topological polar surface area (TPSA) is 40.7 Å². The van der Waals surface area contributed by atoms with E-state index in [1.165, 1.54) is 16.3 Å². The second kappa shape index (κ2) is 5.62. The number of benzene rings is 3. The number of aromatic nitrogens is 2. The third-order valence-corrected chi connectivity index (χ3v) is 3.93. The van der Waals surface area contributed by atoms with Crippen LogP contribution >= 0.6 is 0 Å². The SMILES string of the molecule is c1ccc2c(CNCc3nc4ccccc4[nH]3)cccc2c1. The number of hydrogen-bond donors (Lipinski definition) is 2. The summed E-state index contributed by atoms with van der Waals surface area (Å²) in [6.07, 6.45) is 0. The average Bonchev–Trinajstić information content (AvgIpc) is 2.98. The van der Waals surface area contributed by atoms with Gasteiger partial charge in [-0.2, -0.15) is 0 Å². The average molecular weight is 287 g/mol. The molecule has 4 aromatic rings. The van der Waals surface area contributed by atoms with Crippen LogP contribution in [0.5, 0.6) is 0 Å². The molecule has 0 aliphatic carbocycles. The molecule has 22 heavy (non-hydrogen) atoms. The summed E-state index contributed by atoms with van der Waals surface area (Å²) in [5.74, 6) is 0.974. The monoisotopic (exact) mass is 287 g/mol. The van der Waals surface area contributed by atoms with Crippen LogP contribution in [0.25, 0.3) is 21.8 Å². The second-order valence-corrected chi connectivity index (χ2v) is 5.44. The van der Waals surface area contributed by atoms with Crippen LogP contribution in [0.15, 0.2) is 66.7 Å². The first-order valence-corrected chi connectivity index (χ1v) is 7.51. The summed E-state index contributed by atoms with van der Waals surface area (Å²) in [7, 11) is 0. The highest BCUT2D eigenvalue weighted by Gasteiger charge is 2.03. The van der Waals surface area contributed by atoms with E-state index in [9.17, 15) is 0 Å². The molecular formula is C19H17N3. The van der Waals surface area contributed by atoms with Crippen LogP contribution in [0.4, 0.5) is 0 Å². The maximum atomic E-state index is 4.59. The number of aromatic amines is 1. The summed E-state index contributed by atoms with van der Waals surface area (Å²) in [5, 5.41) is 6.07. The molecule has 3 heteroatoms. The van der Waals surface area contributed by atoms with E-state index in [4.69, 9.17) is 0 Å². The van der Waals surface area contributed by atoms with Crippen molar-refractivity contribution < 1.29 is 0 Å². The van der Waals surface area contributed by atoms with E-state index < -0.39 is 0 Å². The summed E-state index contributed by atoms with van der Waals surface area (Å²) in [5.41, 5.74) is 3.42. The number of H-pyrrole nitrogens is 1. The van der Waals surface area contributed by atoms with Crippen LogP contribution in [-0.2, 0) is 13.1 Å². The zero-order valence-corrected chi connectivity index (χ0v) is 12.2. The van der Waals surface area contributed by atoms with E-state index in [0.717, 1.165) is 29.9 Å². The van der Waals surface area contributed by atoms with Gasteiger partial charge in [-0.15, -0.1) is 0 Å². The van der Waals surface area contributed by atoms with Crippen LogP contribution in [0.1, 0.15) is 11.4 Å². The number of nitrogens with one attached hydrogen (secondary N) is 2. The third kappa shape index (κ3) is 2.47. The lowest BCUT2D eigenvalue weighted by Gasteiger charge is -2.07. The second-order valence-electron chi connectivity index (χ2n) is 5.44. The molecule has 0 radical (unpaired) electrons. The number of imidazole rings is 1. The van der Waals surface area contributed by atoms with Crippen molar-refractivity contribution in [1.29, 1.82) is 0 Å². The van der Waals surface area contributed by atoms with E-state index in [2.05, 4.69) is 63.8 Å². The van der Waals surface area contributed by atoms with E-state index in [-0.39, 0.29) is 0 Å². The van der Waals surface area contributed by atoms with E-state index >= 15 is 0 Å². The molecular weight excluding hydrogens is 270 g/mol. The zero-order valence-electron chi connectivity index (χ0n) is 12.2. The van der Waals surface area contributed by atoms with Crippen LogP contribution in [0.2, 0.25) is 0 Å². The van der Waals surface area contributed by atoms with Crippen molar-refractivity contribution in [2.45, 2.75) is 13.1 Å². The van der Waals surface area contributed by atoms with Gasteiger partial charge in [-0.05, 0) is 28.5 Å². The van der Waals surface area contributed by atoms with Crippen LogP contribution in [0.3, 0.4) is 0 Å². The fourth-order valence-electron chi connectivity index (χ4n) is 2.85. The number of fused-ring (bicyclic) bond motifs is 2. The summed E-state index contributed by atoms with van der Waals surface area (Å²) >= 11 is 0. The van der Waals surface area contributed by atoms with Crippen molar-refractivity contribution in [2.24, 2.45) is 0 Å². The first kappa shape index (κ1) is 13.0. The first-order chi connectivity index (χ1) is 10.9. The zero-order chi connectivity index (χ0) is 14.8. The van der Waals surface area contributed by atoms with E-state index in [1.54, 1.807) is 0 Å². The minimum absolute atomic E-state index is 0.734. The van der Waals surface area contributed by atoms with Crippen LogP contribution < -0.4 is 5.32 Å². The lowest BCUT2D eigenvalue weighted by atomic mass is 10.0. The predicted octanol–water partition coefficient (Wildman–Crippen LogP) is 4.01. The summed E-state index contributed by atoms with van der Waals surface area (Å²) < 4.78 is 0. The Labute approximate surface area is 129 Å². The molecule has 0 fully saturated rings. The maximum absolute atomic E-state index is 4.59. The largest absolute Gasteiger partial charge is 0.341 e. The molecule has 0 saturated heterocycles. The number of rotatable bonds is 4. The molecule has 3 nitrogen and oxygen atoms in total. The van der Waals surface area contributed by atoms with Gasteiger partial charge in [0.25, 0.3) is 0 Å². The van der Waals surface area contributed by atoms with Gasteiger partial charge < -0.3 is 10.3 Å². The molecule has 0 spiro atoms. The van der Waals surface area contributed by atoms with E-state index in [1.807, 2.05) is 18.2 Å². The van der Waals surface area contributed by atoms with Gasteiger partial charge in [-0.25, -0.2) is 4.98 Å². The standard InChI is InChI=1S/C19H17N3/c1-2-9-16-14(6-1)7-5-8-15(16)12-20-13-19-21-17-10-3-4-11-18(17)22-19/h1-11,20H,12-13H2,(H,21,22). The van der Waals surface area contributed by atoms with Crippen molar-refractivity contribution in [3.63, 3.8) is 0 Å². The molecule has 4 rings (SSSR count). The fourth-order valence-corrected chi connectivity index (χ4v) is 2.85. The highest BCUT2D eigenvalue weighted by molar-refractivity contribution is 5.85. The van der Waals surface area contributed by atoms with Crippen molar-refractivity contribution >= 4 is 21.8 Å². The highest BCUT2D eigenvalue weighted by Crippen LogP contribution is 2.18. The molecule has 0 amide bonds. The lowest BCUT2D eigenvalue weighted by molar-refractivity contribution is 0.673. The van der Waals surface area contributed by atoms with Gasteiger partial charge >= 0.3 is 0 Å². The predicted molar refractivity (Wildman–Crippen MR) is 90.6 cm³/mol. The Balaban J connectivity index is 1.50. The van der Waals surface area contributed by atoms with Crippen LogP contribution in [-0.4, -0.2) is 9.97 Å². The Morgan fingerprint density at radius 2 is 1.64 bits per heavy atom. The Morgan fingerprint density at radius 1 is 0.818 bits per heavy atom. The Kier molecular flexibility index (Phi) is 3.33. The third-order valence-electron chi connectivity index (χ3n) is 3.93. The number of para-hydroxylation sites is 2. The van der Waals surface area contributed by atoms with Crippen molar-refractivity contribution in [1.82, 2.24) is 15.3 Å². The molecule has 0 aliphatic heterocycles. The fraction of sp³-hybridized carbons (Fsp3) is 0.105. The van der Waals surface area contributed by atoms with Crippen LogP contribution in [0, 0.1) is 0 Å². The first-order valence-electron chi connectivity index (χ1n) is 7.51. The van der Waals surface area contributed by atoms with Gasteiger partial charge in [-0.1, -0.05) is 54.6 Å². The minimum atomic E-state index is 0.734. The number of hydrogen-bond acceptors (Lipinski definition) is 2. The Hall–Kier alpha value is -2.65. The van der Waals surface area contributed by atoms with Gasteiger partial charge in [-0.3, -0.25) is 0 Å². The summed E-state index contributed by atoms with van der Waals surface area (Å²) in [6, 6.07) is 23.0. The van der Waals surface area contributed by atoms with Crippen molar-refractivity contribution in [2.75, 3.05) is 0 Å². The molecule has 108 valence electrons. The highest BCUT2D eigenvalue weighted by atomic mass is 15.0. The molecule has 0 aliphatic rings. The molecule has 3 aromatic carbocycles. The van der Waals surface area contributed by atoms with Gasteiger partial charge in [0, 0.05) is 6.54 Å².